The third-order valence-corrected chi connectivity index (χ3v) is 4.79. The molecule has 3 aromatic carbocycles. The predicted octanol–water partition coefficient (Wildman–Crippen LogP) is 2.82. The van der Waals surface area contributed by atoms with Gasteiger partial charge in [-0.25, -0.2) is 10.2 Å². The number of benzene rings is 3. The molecule has 0 fully saturated rings. The van der Waals surface area contributed by atoms with Gasteiger partial charge in [-0.2, -0.15) is 5.10 Å². The molecule has 35 heavy (non-hydrogen) atoms. The van der Waals surface area contributed by atoms with Gasteiger partial charge in [0.25, 0.3) is 11.8 Å². The number of fused-ring (bicyclic) bond motifs is 1. The van der Waals surface area contributed by atoms with Gasteiger partial charge in [-0.1, -0.05) is 30.3 Å². The predicted molar refractivity (Wildman–Crippen MR) is 131 cm³/mol. The van der Waals surface area contributed by atoms with Gasteiger partial charge >= 0.3 is 5.97 Å². The van der Waals surface area contributed by atoms with Crippen molar-refractivity contribution in [3.63, 3.8) is 0 Å². The monoisotopic (exact) mass is 477 g/mol. The first-order valence-corrected chi connectivity index (χ1v) is 11.1. The molecule has 2 amide bonds. The second-order valence-electron chi connectivity index (χ2n) is 7.48. The van der Waals surface area contributed by atoms with E-state index < -0.39 is 23.8 Å². The van der Waals surface area contributed by atoms with E-state index in [2.05, 4.69) is 15.8 Å². The van der Waals surface area contributed by atoms with Gasteiger partial charge in [-0.05, 0) is 66.6 Å². The maximum atomic E-state index is 12.2. The van der Waals surface area contributed by atoms with Crippen molar-refractivity contribution in [2.45, 2.75) is 19.9 Å². The van der Waals surface area contributed by atoms with Gasteiger partial charge in [0.1, 0.15) is 17.5 Å². The Morgan fingerprint density at radius 3 is 2.34 bits per heavy atom. The van der Waals surface area contributed by atoms with Crippen LogP contribution in [0.1, 0.15) is 19.4 Å². The standard InChI is InChI=1S/C26H27N3O6/c1-3-33-25(31)17-35-22-11-8-19(9-12-22)15-27-29-26(32)18(2)28-24(30)16-34-23-13-10-20-6-4-5-7-21(20)14-23/h4-15,18H,3,16-17H2,1-2H3,(H,28,30)(H,29,32)/b27-15-/t18-/m1/s1. The summed E-state index contributed by atoms with van der Waals surface area (Å²) in [5, 5.41) is 8.56. The second-order valence-corrected chi connectivity index (χ2v) is 7.48. The van der Waals surface area contributed by atoms with Crippen LogP contribution in [0.3, 0.4) is 0 Å². The molecule has 0 saturated carbocycles. The van der Waals surface area contributed by atoms with Crippen molar-refractivity contribution in [2.24, 2.45) is 5.10 Å². The number of hydrazone groups is 1. The molecule has 0 spiro atoms. The third kappa shape index (κ3) is 8.15. The Labute approximate surface area is 203 Å². The maximum Gasteiger partial charge on any atom is 0.344 e. The first kappa shape index (κ1) is 25.2. The van der Waals surface area contributed by atoms with E-state index in [1.54, 1.807) is 44.2 Å². The zero-order valence-electron chi connectivity index (χ0n) is 19.5. The molecular weight excluding hydrogens is 450 g/mol. The first-order chi connectivity index (χ1) is 16.9. The molecule has 0 heterocycles. The molecule has 9 heteroatoms. The van der Waals surface area contributed by atoms with Gasteiger partial charge in [0.2, 0.25) is 0 Å². The van der Waals surface area contributed by atoms with Crippen LogP contribution in [0.5, 0.6) is 11.5 Å². The summed E-state index contributed by atoms with van der Waals surface area (Å²) in [6.07, 6.45) is 1.45. The summed E-state index contributed by atoms with van der Waals surface area (Å²) in [7, 11) is 0. The van der Waals surface area contributed by atoms with Crippen LogP contribution in [0.2, 0.25) is 0 Å². The molecule has 0 saturated heterocycles. The van der Waals surface area contributed by atoms with E-state index >= 15 is 0 Å². The van der Waals surface area contributed by atoms with Gasteiger partial charge in [0.15, 0.2) is 13.2 Å². The van der Waals surface area contributed by atoms with Gasteiger partial charge in [0, 0.05) is 0 Å². The summed E-state index contributed by atoms with van der Waals surface area (Å²) in [5.41, 5.74) is 3.08. The molecule has 0 aromatic heterocycles. The molecule has 3 rings (SSSR count). The average Bonchev–Trinajstić information content (AvgIpc) is 2.87. The molecule has 9 nitrogen and oxygen atoms in total. The lowest BCUT2D eigenvalue weighted by molar-refractivity contribution is -0.145. The van der Waals surface area contributed by atoms with Gasteiger partial charge in [0.05, 0.1) is 12.8 Å². The maximum absolute atomic E-state index is 12.2. The summed E-state index contributed by atoms with van der Waals surface area (Å²) < 4.78 is 15.6. The number of nitrogens with one attached hydrogen (secondary N) is 2. The number of carbonyl (C=O) groups is 3. The zero-order chi connectivity index (χ0) is 25.0. The fraction of sp³-hybridized carbons (Fsp3) is 0.231. The summed E-state index contributed by atoms with van der Waals surface area (Å²) in [6.45, 7) is 3.18. The summed E-state index contributed by atoms with van der Waals surface area (Å²) in [6, 6.07) is 19.4. The number of esters is 1. The number of nitrogens with zero attached hydrogens (tertiary/aromatic N) is 1. The summed E-state index contributed by atoms with van der Waals surface area (Å²) >= 11 is 0. The number of amides is 2. The minimum absolute atomic E-state index is 0.172. The Morgan fingerprint density at radius 2 is 1.60 bits per heavy atom. The van der Waals surface area contributed by atoms with E-state index in [0.717, 1.165) is 10.8 Å². The smallest absolute Gasteiger partial charge is 0.344 e. The first-order valence-electron chi connectivity index (χ1n) is 11.1. The van der Waals surface area contributed by atoms with Crippen LogP contribution in [0.25, 0.3) is 10.8 Å². The van der Waals surface area contributed by atoms with E-state index in [1.807, 2.05) is 36.4 Å². The number of rotatable bonds is 11. The van der Waals surface area contributed by atoms with Crippen LogP contribution in [0.4, 0.5) is 0 Å². The van der Waals surface area contributed by atoms with E-state index in [-0.39, 0.29) is 13.2 Å². The number of hydrogen-bond acceptors (Lipinski definition) is 7. The van der Waals surface area contributed by atoms with Gasteiger partial charge in [-0.15, -0.1) is 0 Å². The molecule has 0 aliphatic carbocycles. The highest BCUT2D eigenvalue weighted by atomic mass is 16.6. The van der Waals surface area contributed by atoms with Crippen LogP contribution in [0.15, 0.2) is 71.8 Å². The highest BCUT2D eigenvalue weighted by Crippen LogP contribution is 2.20. The van der Waals surface area contributed by atoms with E-state index in [0.29, 0.717) is 23.7 Å². The van der Waals surface area contributed by atoms with E-state index in [4.69, 9.17) is 14.2 Å². The molecular formula is C26H27N3O6. The molecule has 0 radical (unpaired) electrons. The van der Waals surface area contributed by atoms with Crippen molar-refractivity contribution < 1.29 is 28.6 Å². The second kappa shape index (κ2) is 12.7. The minimum Gasteiger partial charge on any atom is -0.484 e. The van der Waals surface area contributed by atoms with Crippen molar-refractivity contribution in [3.8, 4) is 11.5 Å². The Morgan fingerprint density at radius 1 is 0.914 bits per heavy atom. The molecule has 0 unspecified atom stereocenters. The van der Waals surface area contributed by atoms with Crippen LogP contribution < -0.4 is 20.2 Å². The molecule has 2 N–H and O–H groups in total. The SMILES string of the molecule is CCOC(=O)COc1ccc(/C=N\NC(=O)[C@@H](C)NC(=O)COc2ccc3ccccc3c2)cc1. The van der Waals surface area contributed by atoms with Crippen LogP contribution in [-0.2, 0) is 19.1 Å². The number of ether oxygens (including phenoxy) is 3. The number of hydrogen-bond donors (Lipinski definition) is 2. The number of carbonyl (C=O) groups excluding carboxylic acids is 3. The fourth-order valence-corrected chi connectivity index (χ4v) is 3.02. The minimum atomic E-state index is -0.807. The van der Waals surface area contributed by atoms with Crippen molar-refractivity contribution >= 4 is 34.8 Å². The van der Waals surface area contributed by atoms with E-state index in [1.165, 1.54) is 6.21 Å². The van der Waals surface area contributed by atoms with Crippen molar-refractivity contribution in [3.05, 3.63) is 72.3 Å². The highest BCUT2D eigenvalue weighted by molar-refractivity contribution is 5.89. The Kier molecular flexibility index (Phi) is 9.18. The Balaban J connectivity index is 1.39. The lowest BCUT2D eigenvalue weighted by Crippen LogP contribution is -2.45. The van der Waals surface area contributed by atoms with Gasteiger partial charge in [-0.3, -0.25) is 9.59 Å². The van der Waals surface area contributed by atoms with Gasteiger partial charge < -0.3 is 19.5 Å². The largest absolute Gasteiger partial charge is 0.484 e. The lowest BCUT2D eigenvalue weighted by atomic mass is 10.1. The molecule has 3 aromatic rings. The molecule has 1 atom stereocenters. The van der Waals surface area contributed by atoms with E-state index in [9.17, 15) is 14.4 Å². The van der Waals surface area contributed by atoms with Crippen LogP contribution in [-0.4, -0.2) is 49.9 Å². The Hall–Kier alpha value is -4.40. The quantitative estimate of drug-likeness (QED) is 0.249. The van der Waals surface area contributed by atoms with Crippen LogP contribution in [0, 0.1) is 0 Å². The third-order valence-electron chi connectivity index (χ3n) is 4.79. The Bertz CT molecular complexity index is 1190. The molecule has 182 valence electrons. The molecule has 0 bridgehead atoms. The lowest BCUT2D eigenvalue weighted by Gasteiger charge is -2.13. The summed E-state index contributed by atoms with van der Waals surface area (Å²) in [4.78, 5) is 35.7. The molecule has 0 aliphatic rings. The summed E-state index contributed by atoms with van der Waals surface area (Å²) in [5.74, 6) is -0.278. The molecule has 0 aliphatic heterocycles. The normalized spacial score (nSPS) is 11.6. The van der Waals surface area contributed by atoms with Crippen molar-refractivity contribution in [1.29, 1.82) is 0 Å². The fourth-order valence-electron chi connectivity index (χ4n) is 3.02. The van der Waals surface area contributed by atoms with Crippen molar-refractivity contribution in [2.75, 3.05) is 19.8 Å². The van der Waals surface area contributed by atoms with Crippen LogP contribution >= 0.6 is 0 Å². The zero-order valence-corrected chi connectivity index (χ0v) is 19.5. The topological polar surface area (TPSA) is 115 Å². The van der Waals surface area contributed by atoms with Crippen molar-refractivity contribution in [1.82, 2.24) is 10.7 Å². The highest BCUT2D eigenvalue weighted by Gasteiger charge is 2.15. The average molecular weight is 478 g/mol.